The highest BCUT2D eigenvalue weighted by molar-refractivity contribution is 5.89. The average molecular weight is 308 g/mol. The zero-order valence-electron chi connectivity index (χ0n) is 12.7. The molecule has 120 valence electrons. The van der Waals surface area contributed by atoms with Gasteiger partial charge in [-0.05, 0) is 30.7 Å². The van der Waals surface area contributed by atoms with Crippen molar-refractivity contribution in [1.29, 1.82) is 0 Å². The number of rotatable bonds is 7. The zero-order valence-corrected chi connectivity index (χ0v) is 12.7. The molecule has 2 N–H and O–H groups in total. The largest absolute Gasteiger partial charge is 0.484 e. The maximum absolute atomic E-state index is 11.6. The number of ether oxygens (including phenoxy) is 2. The Labute approximate surface area is 128 Å². The topological polar surface area (TPSA) is 93.7 Å². The van der Waals surface area contributed by atoms with E-state index in [2.05, 4.69) is 10.9 Å². The Bertz CT molecular complexity index is 513. The fraction of sp³-hybridized carbons (Fsp3) is 0.400. The third kappa shape index (κ3) is 6.25. The molecule has 1 aromatic rings. The van der Waals surface area contributed by atoms with Crippen LogP contribution in [0.4, 0.5) is 0 Å². The molecule has 2 amide bonds. The Morgan fingerprint density at radius 1 is 1.00 bits per heavy atom. The van der Waals surface area contributed by atoms with E-state index in [1.165, 1.54) is 0 Å². The summed E-state index contributed by atoms with van der Waals surface area (Å²) >= 11 is 0. The van der Waals surface area contributed by atoms with Crippen molar-refractivity contribution in [3.05, 3.63) is 29.8 Å². The first kappa shape index (κ1) is 17.5. The summed E-state index contributed by atoms with van der Waals surface area (Å²) in [4.78, 5) is 34.0. The molecule has 0 aliphatic rings. The molecule has 0 saturated heterocycles. The Hall–Kier alpha value is -2.57. The number of esters is 1. The molecule has 0 spiro atoms. The summed E-state index contributed by atoms with van der Waals surface area (Å²) in [6.45, 7) is 3.72. The van der Waals surface area contributed by atoms with Gasteiger partial charge in [-0.15, -0.1) is 0 Å². The fourth-order valence-electron chi connectivity index (χ4n) is 1.38. The molecule has 7 nitrogen and oxygen atoms in total. The minimum absolute atomic E-state index is 0.246. The summed E-state index contributed by atoms with van der Waals surface area (Å²) in [5, 5.41) is 0. The lowest BCUT2D eigenvalue weighted by molar-refractivity contribution is -0.129. The number of nitrogens with one attached hydrogen (secondary N) is 2. The summed E-state index contributed by atoms with van der Waals surface area (Å²) in [5.41, 5.74) is 4.87. The van der Waals surface area contributed by atoms with E-state index >= 15 is 0 Å². The lowest BCUT2D eigenvalue weighted by atomic mass is 10.2. The van der Waals surface area contributed by atoms with Gasteiger partial charge < -0.3 is 9.47 Å². The molecule has 0 aromatic heterocycles. The van der Waals surface area contributed by atoms with Crippen LogP contribution in [0.3, 0.4) is 0 Å². The molecule has 0 bridgehead atoms. The normalized spacial score (nSPS) is 9.73. The first-order chi connectivity index (χ1) is 10.6. The number of amides is 2. The van der Waals surface area contributed by atoms with Gasteiger partial charge >= 0.3 is 5.97 Å². The van der Waals surface area contributed by atoms with Gasteiger partial charge in [-0.25, -0.2) is 4.79 Å². The van der Waals surface area contributed by atoms with Crippen LogP contribution in [0, 0.1) is 0 Å². The van der Waals surface area contributed by atoms with Gasteiger partial charge in [0.1, 0.15) is 5.75 Å². The van der Waals surface area contributed by atoms with E-state index in [0.717, 1.165) is 6.42 Å². The molecule has 0 aliphatic heterocycles. The monoisotopic (exact) mass is 308 g/mol. The third-order valence-electron chi connectivity index (χ3n) is 2.56. The van der Waals surface area contributed by atoms with E-state index in [4.69, 9.17) is 9.47 Å². The van der Waals surface area contributed by atoms with Gasteiger partial charge in [0.25, 0.3) is 5.91 Å². The van der Waals surface area contributed by atoms with Crippen LogP contribution in [0.25, 0.3) is 0 Å². The fourth-order valence-corrected chi connectivity index (χ4v) is 1.38. The van der Waals surface area contributed by atoms with Crippen molar-refractivity contribution in [2.45, 2.75) is 26.7 Å². The Morgan fingerprint density at radius 2 is 1.64 bits per heavy atom. The second-order valence-corrected chi connectivity index (χ2v) is 4.40. The molecule has 0 aliphatic carbocycles. The molecule has 0 atom stereocenters. The molecule has 1 rings (SSSR count). The molecule has 1 aromatic carbocycles. The third-order valence-corrected chi connectivity index (χ3v) is 2.56. The number of hydrazine groups is 1. The number of hydrogen-bond acceptors (Lipinski definition) is 5. The van der Waals surface area contributed by atoms with Crippen LogP contribution in [-0.2, 0) is 14.3 Å². The smallest absolute Gasteiger partial charge is 0.338 e. The van der Waals surface area contributed by atoms with Crippen LogP contribution in [0.5, 0.6) is 5.75 Å². The van der Waals surface area contributed by atoms with Crippen LogP contribution < -0.4 is 15.6 Å². The highest BCUT2D eigenvalue weighted by Gasteiger charge is 2.08. The second-order valence-electron chi connectivity index (χ2n) is 4.40. The van der Waals surface area contributed by atoms with E-state index < -0.39 is 11.9 Å². The molecular formula is C15H20N2O5. The molecule has 0 fully saturated rings. The summed E-state index contributed by atoms with van der Waals surface area (Å²) in [7, 11) is 0. The lowest BCUT2D eigenvalue weighted by Crippen LogP contribution is -2.43. The van der Waals surface area contributed by atoms with Crippen molar-refractivity contribution in [3.8, 4) is 5.75 Å². The first-order valence-electron chi connectivity index (χ1n) is 7.04. The standard InChI is InChI=1S/C15H20N2O5/c1-3-9-21-15(20)11-5-7-12(8-6-11)22-10-14(19)17-16-13(18)4-2/h5-8H,3-4,9-10H2,1-2H3,(H,16,18)(H,17,19). The number of benzene rings is 1. The van der Waals surface area contributed by atoms with Crippen molar-refractivity contribution < 1.29 is 23.9 Å². The van der Waals surface area contributed by atoms with Crippen LogP contribution in [0.1, 0.15) is 37.0 Å². The Morgan fingerprint density at radius 3 is 2.23 bits per heavy atom. The summed E-state index contributed by atoms with van der Waals surface area (Å²) in [6, 6.07) is 6.26. The Balaban J connectivity index is 2.39. The zero-order chi connectivity index (χ0) is 16.4. The molecule has 22 heavy (non-hydrogen) atoms. The summed E-state index contributed by atoms with van der Waals surface area (Å²) in [6.07, 6.45) is 1.04. The van der Waals surface area contributed by atoms with Gasteiger partial charge in [-0.1, -0.05) is 13.8 Å². The van der Waals surface area contributed by atoms with Crippen molar-refractivity contribution in [2.75, 3.05) is 13.2 Å². The maximum atomic E-state index is 11.6. The van der Waals surface area contributed by atoms with Crippen LogP contribution in [0.2, 0.25) is 0 Å². The minimum atomic E-state index is -0.478. The maximum Gasteiger partial charge on any atom is 0.338 e. The lowest BCUT2D eigenvalue weighted by Gasteiger charge is -2.08. The van der Waals surface area contributed by atoms with Gasteiger partial charge in [-0.2, -0.15) is 0 Å². The van der Waals surface area contributed by atoms with Crippen LogP contribution >= 0.6 is 0 Å². The van der Waals surface area contributed by atoms with Crippen LogP contribution in [0.15, 0.2) is 24.3 Å². The SMILES string of the molecule is CCCOC(=O)c1ccc(OCC(=O)NNC(=O)CC)cc1. The van der Waals surface area contributed by atoms with Gasteiger partial charge in [0.2, 0.25) is 5.91 Å². The van der Waals surface area contributed by atoms with E-state index in [1.807, 2.05) is 6.92 Å². The minimum Gasteiger partial charge on any atom is -0.484 e. The van der Waals surface area contributed by atoms with Gasteiger partial charge in [0.05, 0.1) is 12.2 Å². The predicted octanol–water partition coefficient (Wildman–Crippen LogP) is 1.19. The molecule has 0 saturated carbocycles. The highest BCUT2D eigenvalue weighted by atomic mass is 16.5. The number of carbonyl (C=O) groups is 3. The summed E-state index contributed by atoms with van der Waals surface area (Å²) < 4.78 is 10.2. The van der Waals surface area contributed by atoms with Crippen molar-refractivity contribution in [3.63, 3.8) is 0 Å². The molecule has 0 heterocycles. The van der Waals surface area contributed by atoms with E-state index in [9.17, 15) is 14.4 Å². The van der Waals surface area contributed by atoms with Gasteiger partial charge in [0.15, 0.2) is 6.61 Å². The van der Waals surface area contributed by atoms with E-state index in [-0.39, 0.29) is 18.9 Å². The number of hydrogen-bond donors (Lipinski definition) is 2. The van der Waals surface area contributed by atoms with E-state index in [0.29, 0.717) is 17.9 Å². The average Bonchev–Trinajstić information content (AvgIpc) is 2.55. The molecule has 0 radical (unpaired) electrons. The van der Waals surface area contributed by atoms with Crippen molar-refractivity contribution in [1.82, 2.24) is 10.9 Å². The number of carbonyl (C=O) groups excluding carboxylic acids is 3. The quantitative estimate of drug-likeness (QED) is 0.583. The molecule has 0 unspecified atom stereocenters. The van der Waals surface area contributed by atoms with Crippen molar-refractivity contribution >= 4 is 17.8 Å². The summed E-state index contributed by atoms with van der Waals surface area (Å²) in [5.74, 6) is -0.728. The van der Waals surface area contributed by atoms with Crippen LogP contribution in [-0.4, -0.2) is 31.0 Å². The second kappa shape index (κ2) is 9.38. The van der Waals surface area contributed by atoms with E-state index in [1.54, 1.807) is 31.2 Å². The first-order valence-corrected chi connectivity index (χ1v) is 7.04. The molecule has 7 heteroatoms. The molecular weight excluding hydrogens is 288 g/mol. The highest BCUT2D eigenvalue weighted by Crippen LogP contribution is 2.12. The van der Waals surface area contributed by atoms with Crippen molar-refractivity contribution in [2.24, 2.45) is 0 Å². The predicted molar refractivity (Wildman–Crippen MR) is 79.1 cm³/mol. The van der Waals surface area contributed by atoms with Gasteiger partial charge in [0, 0.05) is 6.42 Å². The Kier molecular flexibility index (Phi) is 7.45. The van der Waals surface area contributed by atoms with Gasteiger partial charge in [-0.3, -0.25) is 20.4 Å².